The fourth-order valence-corrected chi connectivity index (χ4v) is 1.11. The van der Waals surface area contributed by atoms with Crippen LogP contribution in [0, 0.1) is 0 Å². The number of guanidine groups is 1. The zero-order chi connectivity index (χ0) is 11.3. The molecule has 0 bridgehead atoms. The fourth-order valence-electron chi connectivity index (χ4n) is 0.919. The SMILES string of the molecule is COc1cc(C=NN=C(N)N)ccc1Cl. The number of benzene rings is 1. The maximum Gasteiger partial charge on any atom is 0.211 e. The van der Waals surface area contributed by atoms with Crippen molar-refractivity contribution in [1.82, 2.24) is 0 Å². The Morgan fingerprint density at radius 2 is 2.20 bits per heavy atom. The highest BCUT2D eigenvalue weighted by Crippen LogP contribution is 2.24. The zero-order valence-corrected chi connectivity index (χ0v) is 8.90. The van der Waals surface area contributed by atoms with Gasteiger partial charge < -0.3 is 16.2 Å². The van der Waals surface area contributed by atoms with Crippen LogP contribution in [0.2, 0.25) is 5.02 Å². The normalized spacial score (nSPS) is 10.3. The molecule has 15 heavy (non-hydrogen) atoms. The number of methoxy groups -OCH3 is 1. The monoisotopic (exact) mass is 226 g/mol. The Kier molecular flexibility index (Phi) is 3.93. The van der Waals surface area contributed by atoms with Crippen LogP contribution >= 0.6 is 11.6 Å². The van der Waals surface area contributed by atoms with Gasteiger partial charge in [0.25, 0.3) is 0 Å². The second kappa shape index (κ2) is 5.21. The Morgan fingerprint density at radius 3 is 2.80 bits per heavy atom. The molecule has 0 aliphatic heterocycles. The highest BCUT2D eigenvalue weighted by Gasteiger charge is 1.99. The van der Waals surface area contributed by atoms with E-state index in [0.29, 0.717) is 10.8 Å². The summed E-state index contributed by atoms with van der Waals surface area (Å²) in [5, 5.41) is 7.66. The van der Waals surface area contributed by atoms with Gasteiger partial charge in [-0.2, -0.15) is 5.10 Å². The van der Waals surface area contributed by atoms with Crippen LogP contribution in [-0.4, -0.2) is 19.3 Å². The minimum atomic E-state index is -0.0906. The molecule has 4 N–H and O–H groups in total. The Labute approximate surface area is 92.4 Å². The van der Waals surface area contributed by atoms with Gasteiger partial charge in [-0.05, 0) is 17.7 Å². The molecular formula is C9H11ClN4O. The van der Waals surface area contributed by atoms with Gasteiger partial charge in [0.1, 0.15) is 5.75 Å². The van der Waals surface area contributed by atoms with Crippen molar-refractivity contribution in [2.24, 2.45) is 21.7 Å². The number of ether oxygens (including phenoxy) is 1. The van der Waals surface area contributed by atoms with Crippen LogP contribution < -0.4 is 16.2 Å². The molecule has 0 amide bonds. The first-order valence-corrected chi connectivity index (χ1v) is 4.47. The van der Waals surface area contributed by atoms with Gasteiger partial charge in [0.05, 0.1) is 18.3 Å². The number of halogens is 1. The predicted molar refractivity (Wildman–Crippen MR) is 61.4 cm³/mol. The number of nitrogens with zero attached hydrogens (tertiary/aromatic N) is 2. The Balaban J connectivity index is 2.87. The van der Waals surface area contributed by atoms with Gasteiger partial charge in [-0.25, -0.2) is 0 Å². The first-order valence-electron chi connectivity index (χ1n) is 4.09. The lowest BCUT2D eigenvalue weighted by molar-refractivity contribution is 0.415. The van der Waals surface area contributed by atoms with Crippen LogP contribution in [0.4, 0.5) is 0 Å². The van der Waals surface area contributed by atoms with Crippen LogP contribution in [0.15, 0.2) is 28.4 Å². The van der Waals surface area contributed by atoms with Crippen molar-refractivity contribution in [3.8, 4) is 5.75 Å². The van der Waals surface area contributed by atoms with Gasteiger partial charge in [-0.1, -0.05) is 17.7 Å². The van der Waals surface area contributed by atoms with Crippen LogP contribution in [0.3, 0.4) is 0 Å². The second-order valence-electron chi connectivity index (χ2n) is 2.66. The van der Waals surface area contributed by atoms with Crippen molar-refractivity contribution in [2.45, 2.75) is 0 Å². The van der Waals surface area contributed by atoms with E-state index in [1.807, 2.05) is 0 Å². The predicted octanol–water partition coefficient (Wildman–Crippen LogP) is 0.956. The topological polar surface area (TPSA) is 86.0 Å². The molecule has 0 saturated carbocycles. The number of hydrogen-bond donors (Lipinski definition) is 2. The first kappa shape index (κ1) is 11.3. The molecule has 6 heteroatoms. The Hall–Kier alpha value is -1.75. The number of hydrogen-bond acceptors (Lipinski definition) is 3. The highest BCUT2D eigenvalue weighted by atomic mass is 35.5. The van der Waals surface area contributed by atoms with Gasteiger partial charge in [-0.15, -0.1) is 5.10 Å². The third-order valence-corrected chi connectivity index (χ3v) is 1.87. The van der Waals surface area contributed by atoms with E-state index in [0.717, 1.165) is 5.56 Å². The lowest BCUT2D eigenvalue weighted by atomic mass is 10.2. The standard InChI is InChI=1S/C9H11ClN4O/c1-15-8-4-6(2-3-7(8)10)5-13-14-9(11)12/h2-5H,1H3,(H4,11,12,14). The van der Waals surface area contributed by atoms with E-state index < -0.39 is 0 Å². The van der Waals surface area contributed by atoms with Crippen molar-refractivity contribution in [1.29, 1.82) is 0 Å². The lowest BCUT2D eigenvalue weighted by Crippen LogP contribution is -2.21. The van der Waals surface area contributed by atoms with E-state index in [2.05, 4.69) is 10.2 Å². The quantitative estimate of drug-likeness (QED) is 0.457. The molecule has 0 heterocycles. The summed E-state index contributed by atoms with van der Waals surface area (Å²) in [6.07, 6.45) is 1.50. The number of rotatable bonds is 3. The average molecular weight is 227 g/mol. The van der Waals surface area contributed by atoms with Crippen LogP contribution in [0.5, 0.6) is 5.75 Å². The second-order valence-corrected chi connectivity index (χ2v) is 3.07. The molecule has 5 nitrogen and oxygen atoms in total. The van der Waals surface area contributed by atoms with E-state index in [9.17, 15) is 0 Å². The summed E-state index contributed by atoms with van der Waals surface area (Å²) in [5.41, 5.74) is 11.0. The third kappa shape index (κ3) is 3.47. The summed E-state index contributed by atoms with van der Waals surface area (Å²) in [6, 6.07) is 5.21. The van der Waals surface area contributed by atoms with Crippen molar-refractivity contribution in [2.75, 3.05) is 7.11 Å². The van der Waals surface area contributed by atoms with E-state index in [1.165, 1.54) is 13.3 Å². The maximum absolute atomic E-state index is 5.84. The Morgan fingerprint density at radius 1 is 1.47 bits per heavy atom. The molecule has 0 spiro atoms. The molecule has 0 fully saturated rings. The molecule has 0 atom stereocenters. The van der Waals surface area contributed by atoms with Gasteiger partial charge >= 0.3 is 0 Å². The fraction of sp³-hybridized carbons (Fsp3) is 0.111. The molecule has 0 unspecified atom stereocenters. The minimum absolute atomic E-state index is 0.0906. The van der Waals surface area contributed by atoms with E-state index in [-0.39, 0.29) is 5.96 Å². The smallest absolute Gasteiger partial charge is 0.211 e. The molecule has 0 saturated heterocycles. The van der Waals surface area contributed by atoms with Crippen LogP contribution in [0.1, 0.15) is 5.56 Å². The van der Waals surface area contributed by atoms with Crippen LogP contribution in [-0.2, 0) is 0 Å². The summed E-state index contributed by atoms with van der Waals surface area (Å²) < 4.78 is 5.03. The Bertz CT molecular complexity index is 399. The maximum atomic E-state index is 5.84. The van der Waals surface area contributed by atoms with Crippen molar-refractivity contribution in [3.63, 3.8) is 0 Å². The van der Waals surface area contributed by atoms with E-state index >= 15 is 0 Å². The van der Waals surface area contributed by atoms with Crippen molar-refractivity contribution < 1.29 is 4.74 Å². The minimum Gasteiger partial charge on any atom is -0.495 e. The van der Waals surface area contributed by atoms with Gasteiger partial charge in [0, 0.05) is 0 Å². The summed E-state index contributed by atoms with van der Waals surface area (Å²) in [7, 11) is 1.54. The van der Waals surface area contributed by atoms with Gasteiger partial charge in [-0.3, -0.25) is 0 Å². The molecule has 1 rings (SSSR count). The van der Waals surface area contributed by atoms with Gasteiger partial charge in [0.2, 0.25) is 5.96 Å². The van der Waals surface area contributed by atoms with Crippen molar-refractivity contribution in [3.05, 3.63) is 28.8 Å². The molecule has 1 aromatic rings. The molecule has 80 valence electrons. The lowest BCUT2D eigenvalue weighted by Gasteiger charge is -2.02. The first-order chi connectivity index (χ1) is 7.13. The summed E-state index contributed by atoms with van der Waals surface area (Å²) in [4.78, 5) is 0. The molecule has 0 radical (unpaired) electrons. The molecular weight excluding hydrogens is 216 g/mol. The summed E-state index contributed by atoms with van der Waals surface area (Å²) in [6.45, 7) is 0. The highest BCUT2D eigenvalue weighted by molar-refractivity contribution is 6.32. The summed E-state index contributed by atoms with van der Waals surface area (Å²) in [5.74, 6) is 0.484. The van der Waals surface area contributed by atoms with Crippen LogP contribution in [0.25, 0.3) is 0 Å². The van der Waals surface area contributed by atoms with Gasteiger partial charge in [0.15, 0.2) is 0 Å². The number of nitrogens with two attached hydrogens (primary N) is 2. The largest absolute Gasteiger partial charge is 0.495 e. The van der Waals surface area contributed by atoms with E-state index in [1.54, 1.807) is 18.2 Å². The molecule has 0 aromatic heterocycles. The molecule has 0 aliphatic rings. The zero-order valence-electron chi connectivity index (χ0n) is 8.14. The molecule has 0 aliphatic carbocycles. The average Bonchev–Trinajstić information content (AvgIpc) is 2.20. The summed E-state index contributed by atoms with van der Waals surface area (Å²) >= 11 is 5.84. The van der Waals surface area contributed by atoms with E-state index in [4.69, 9.17) is 27.8 Å². The third-order valence-electron chi connectivity index (χ3n) is 1.56. The molecule has 1 aromatic carbocycles. The van der Waals surface area contributed by atoms with Crippen molar-refractivity contribution >= 4 is 23.8 Å².